The van der Waals surface area contributed by atoms with Crippen LogP contribution < -0.4 is 9.86 Å². The van der Waals surface area contributed by atoms with Gasteiger partial charge in [-0.25, -0.2) is 18.1 Å². The van der Waals surface area contributed by atoms with Gasteiger partial charge in [0.05, 0.1) is 29.9 Å². The summed E-state index contributed by atoms with van der Waals surface area (Å²) in [6.07, 6.45) is 3.35. The molecule has 0 atom stereocenters. The lowest BCUT2D eigenvalue weighted by Gasteiger charge is -2.18. The smallest absolute Gasteiger partial charge is 0.264 e. The first-order valence-corrected chi connectivity index (χ1v) is 12.1. The van der Waals surface area contributed by atoms with E-state index in [1.165, 1.54) is 21.4 Å². The highest BCUT2D eigenvalue weighted by molar-refractivity contribution is 7.92. The van der Waals surface area contributed by atoms with Gasteiger partial charge in [0.1, 0.15) is 11.7 Å². The largest absolute Gasteiger partial charge is 0.292 e. The summed E-state index contributed by atoms with van der Waals surface area (Å²) in [5.74, 6) is -0.236. The van der Waals surface area contributed by atoms with Gasteiger partial charge in [0.25, 0.3) is 5.56 Å². The van der Waals surface area contributed by atoms with Gasteiger partial charge in [-0.15, -0.1) is 0 Å². The molecule has 10 heteroatoms. The van der Waals surface area contributed by atoms with Crippen molar-refractivity contribution < 1.29 is 13.2 Å². The molecular formula is C23H21N5O4S. The maximum absolute atomic E-state index is 13.0. The van der Waals surface area contributed by atoms with E-state index >= 15 is 0 Å². The number of rotatable bonds is 6. The number of sulfonamides is 1. The predicted molar refractivity (Wildman–Crippen MR) is 124 cm³/mol. The summed E-state index contributed by atoms with van der Waals surface area (Å²) in [6.45, 7) is 1.81. The molecule has 0 saturated heterocycles. The maximum Gasteiger partial charge on any atom is 0.264 e. The van der Waals surface area contributed by atoms with Gasteiger partial charge in [0.15, 0.2) is 11.4 Å². The number of hydrogen-bond acceptors (Lipinski definition) is 6. The molecule has 5 rings (SSSR count). The number of aromatic nitrogens is 4. The molecule has 9 nitrogen and oxygen atoms in total. The predicted octanol–water partition coefficient (Wildman–Crippen LogP) is 2.18. The fourth-order valence-corrected chi connectivity index (χ4v) is 5.21. The normalized spacial score (nSPS) is 13.4. The monoisotopic (exact) mass is 463 g/mol. The molecule has 0 N–H and O–H groups in total. The van der Waals surface area contributed by atoms with Crippen molar-refractivity contribution in [3.05, 3.63) is 82.5 Å². The molecular weight excluding hydrogens is 442 g/mol. The van der Waals surface area contributed by atoms with Crippen LogP contribution in [0.4, 0.5) is 5.69 Å². The number of ketones is 1. The average Bonchev–Trinajstić information content (AvgIpc) is 3.46. The molecule has 33 heavy (non-hydrogen) atoms. The molecule has 0 fully saturated rings. The molecule has 0 amide bonds. The number of benzene rings is 2. The molecule has 0 unspecified atom stereocenters. The molecule has 3 heterocycles. The molecule has 1 aliphatic rings. The fourth-order valence-electron chi connectivity index (χ4n) is 4.06. The number of carbonyl (C=O) groups is 1. The van der Waals surface area contributed by atoms with E-state index in [0.29, 0.717) is 35.2 Å². The van der Waals surface area contributed by atoms with Crippen LogP contribution in [0.25, 0.3) is 16.7 Å². The molecule has 0 radical (unpaired) electrons. The average molecular weight is 464 g/mol. The summed E-state index contributed by atoms with van der Waals surface area (Å²) in [5, 5.41) is 4.60. The van der Waals surface area contributed by atoms with Crippen molar-refractivity contribution in [1.29, 1.82) is 0 Å². The Morgan fingerprint density at radius 1 is 1.12 bits per heavy atom. The van der Waals surface area contributed by atoms with Crippen LogP contribution in [0.15, 0.2) is 65.8 Å². The van der Waals surface area contributed by atoms with Crippen molar-refractivity contribution in [2.24, 2.45) is 0 Å². The standard InChI is InChI=1S/C23H21N5O4S/c1-2-33(31,32)27-11-10-16-12-17(8-9-20(16)27)21(29)14-26-15-24-22-19(23(26)30)13-25-28(22)18-6-4-3-5-7-18/h3-9,12-13,15H,2,10-11,14H2,1H3. The van der Waals surface area contributed by atoms with E-state index in [4.69, 9.17) is 0 Å². The van der Waals surface area contributed by atoms with Crippen LogP contribution in [0.3, 0.4) is 0 Å². The van der Waals surface area contributed by atoms with Gasteiger partial charge >= 0.3 is 0 Å². The summed E-state index contributed by atoms with van der Waals surface area (Å²) in [7, 11) is -3.35. The Kier molecular flexibility index (Phi) is 5.09. The number of anilines is 1. The molecule has 168 valence electrons. The Bertz CT molecular complexity index is 1540. The van der Waals surface area contributed by atoms with Crippen molar-refractivity contribution in [2.45, 2.75) is 19.9 Å². The van der Waals surface area contributed by atoms with Gasteiger partial charge in [0, 0.05) is 12.1 Å². The summed E-state index contributed by atoms with van der Waals surface area (Å²) in [5.41, 5.74) is 2.70. The van der Waals surface area contributed by atoms with Gasteiger partial charge in [-0.05, 0) is 49.2 Å². The zero-order chi connectivity index (χ0) is 23.2. The van der Waals surface area contributed by atoms with Crippen LogP contribution in [0.2, 0.25) is 0 Å². The number of para-hydroxylation sites is 1. The topological polar surface area (TPSA) is 107 Å². The Morgan fingerprint density at radius 2 is 1.91 bits per heavy atom. The first-order chi connectivity index (χ1) is 15.9. The van der Waals surface area contributed by atoms with Gasteiger partial charge in [-0.2, -0.15) is 5.10 Å². The number of hydrogen-bond donors (Lipinski definition) is 0. The second kappa shape index (κ2) is 7.96. The molecule has 0 spiro atoms. The minimum Gasteiger partial charge on any atom is -0.292 e. The van der Waals surface area contributed by atoms with Gasteiger partial charge in [-0.3, -0.25) is 18.5 Å². The number of Topliss-reactive ketones (excluding diaryl/α,β-unsaturated/α-hetero) is 1. The molecule has 4 aromatic rings. The molecule has 0 saturated carbocycles. The van der Waals surface area contributed by atoms with Crippen molar-refractivity contribution >= 4 is 32.5 Å². The van der Waals surface area contributed by atoms with Crippen LogP contribution in [-0.4, -0.2) is 45.8 Å². The second-order valence-corrected chi connectivity index (χ2v) is 9.98. The first-order valence-electron chi connectivity index (χ1n) is 10.5. The van der Waals surface area contributed by atoms with Crippen LogP contribution in [0.1, 0.15) is 22.8 Å². The summed E-state index contributed by atoms with van der Waals surface area (Å²) < 4.78 is 28.8. The van der Waals surface area contributed by atoms with E-state index in [1.807, 2.05) is 30.3 Å². The Balaban J connectivity index is 1.42. The number of carbonyl (C=O) groups excluding carboxylic acids is 1. The minimum atomic E-state index is -3.35. The summed E-state index contributed by atoms with van der Waals surface area (Å²) >= 11 is 0. The van der Waals surface area contributed by atoms with Crippen LogP contribution in [0.5, 0.6) is 0 Å². The first kappa shape index (κ1) is 21.1. The molecule has 2 aromatic heterocycles. The van der Waals surface area contributed by atoms with E-state index in [0.717, 1.165) is 11.3 Å². The Labute approximate surface area is 190 Å². The SMILES string of the molecule is CCS(=O)(=O)N1CCc2cc(C(=O)Cn3cnc4c(cnn4-c4ccccc4)c3=O)ccc21. The van der Waals surface area contributed by atoms with Crippen LogP contribution in [-0.2, 0) is 23.0 Å². The van der Waals surface area contributed by atoms with Gasteiger partial charge < -0.3 is 0 Å². The van der Waals surface area contributed by atoms with E-state index < -0.39 is 10.0 Å². The van der Waals surface area contributed by atoms with Gasteiger partial charge in [-0.1, -0.05) is 18.2 Å². The van der Waals surface area contributed by atoms with Crippen molar-refractivity contribution in [1.82, 2.24) is 19.3 Å². The fraction of sp³-hybridized carbons (Fsp3) is 0.217. The third-order valence-corrected chi connectivity index (χ3v) is 7.60. The van der Waals surface area contributed by atoms with E-state index in [-0.39, 0.29) is 23.6 Å². The second-order valence-electron chi connectivity index (χ2n) is 7.80. The molecule has 0 aliphatic carbocycles. The minimum absolute atomic E-state index is 0.0202. The molecule has 2 aromatic carbocycles. The quantitative estimate of drug-likeness (QED) is 0.406. The lowest BCUT2D eigenvalue weighted by molar-refractivity contribution is 0.0970. The van der Waals surface area contributed by atoms with E-state index in [9.17, 15) is 18.0 Å². The third-order valence-electron chi connectivity index (χ3n) is 5.82. The zero-order valence-electron chi connectivity index (χ0n) is 17.9. The highest BCUT2D eigenvalue weighted by Crippen LogP contribution is 2.31. The van der Waals surface area contributed by atoms with Gasteiger partial charge in [0.2, 0.25) is 10.0 Å². The maximum atomic E-state index is 13.0. The van der Waals surface area contributed by atoms with Crippen molar-refractivity contribution in [3.63, 3.8) is 0 Å². The van der Waals surface area contributed by atoms with Crippen LogP contribution >= 0.6 is 0 Å². The molecule has 0 bridgehead atoms. The lowest BCUT2D eigenvalue weighted by Crippen LogP contribution is -2.30. The van der Waals surface area contributed by atoms with Crippen molar-refractivity contribution in [3.8, 4) is 5.69 Å². The highest BCUT2D eigenvalue weighted by Gasteiger charge is 2.28. The third kappa shape index (κ3) is 3.62. The lowest BCUT2D eigenvalue weighted by atomic mass is 10.1. The van der Waals surface area contributed by atoms with Crippen LogP contribution in [0, 0.1) is 0 Å². The summed E-state index contributed by atoms with van der Waals surface area (Å²) in [6, 6.07) is 14.3. The highest BCUT2D eigenvalue weighted by atomic mass is 32.2. The number of nitrogens with zero attached hydrogens (tertiary/aromatic N) is 5. The van der Waals surface area contributed by atoms with E-state index in [2.05, 4.69) is 10.1 Å². The van der Waals surface area contributed by atoms with Crippen molar-refractivity contribution in [2.75, 3.05) is 16.6 Å². The Hall–Kier alpha value is -3.79. The van der Waals surface area contributed by atoms with E-state index in [1.54, 1.807) is 29.8 Å². The molecule has 1 aliphatic heterocycles. The zero-order valence-corrected chi connectivity index (χ0v) is 18.7. The number of fused-ring (bicyclic) bond motifs is 2. The Morgan fingerprint density at radius 3 is 2.67 bits per heavy atom. The summed E-state index contributed by atoms with van der Waals surface area (Å²) in [4.78, 5) is 30.2.